The predicted molar refractivity (Wildman–Crippen MR) is 110 cm³/mol. The average Bonchev–Trinajstić information content (AvgIpc) is 3.44. The molecular weight excluding hydrogens is 405 g/mol. The van der Waals surface area contributed by atoms with Gasteiger partial charge in [0.2, 0.25) is 11.7 Å². The Morgan fingerprint density at radius 2 is 2.16 bits per heavy atom. The number of amides is 1. The highest BCUT2D eigenvalue weighted by Crippen LogP contribution is 2.22. The van der Waals surface area contributed by atoms with E-state index in [-0.39, 0.29) is 12.2 Å². The van der Waals surface area contributed by atoms with Crippen LogP contribution < -0.4 is 15.8 Å². The van der Waals surface area contributed by atoms with E-state index < -0.39 is 23.0 Å². The predicted octanol–water partition coefficient (Wildman–Crippen LogP) is 1.22. The van der Waals surface area contributed by atoms with Crippen molar-refractivity contribution >= 4 is 11.9 Å². The Labute approximate surface area is 177 Å². The lowest BCUT2D eigenvalue weighted by atomic mass is 10.1. The molecule has 0 aliphatic carbocycles. The number of fused-ring (bicyclic) bond motifs is 1. The van der Waals surface area contributed by atoms with Gasteiger partial charge < -0.3 is 15.3 Å². The van der Waals surface area contributed by atoms with Crippen LogP contribution in [0.2, 0.25) is 0 Å². The molecule has 0 radical (unpaired) electrons. The third-order valence-electron chi connectivity index (χ3n) is 5.15. The van der Waals surface area contributed by atoms with Gasteiger partial charge in [0.15, 0.2) is 5.69 Å². The molecule has 3 aromatic rings. The summed E-state index contributed by atoms with van der Waals surface area (Å²) in [7, 11) is 0. The zero-order valence-corrected chi connectivity index (χ0v) is 17.0. The van der Waals surface area contributed by atoms with E-state index in [0.29, 0.717) is 36.8 Å². The zero-order valence-electron chi connectivity index (χ0n) is 17.0. The zero-order chi connectivity index (χ0) is 22.0. The number of aromatic hydroxyl groups is 1. The van der Waals surface area contributed by atoms with Crippen LogP contribution in [0.25, 0.3) is 5.69 Å². The van der Waals surface area contributed by atoms with Crippen LogP contribution in [0.3, 0.4) is 0 Å². The van der Waals surface area contributed by atoms with Gasteiger partial charge in [-0.3, -0.25) is 14.2 Å². The first-order valence-electron chi connectivity index (χ1n) is 10.00. The molecule has 0 fully saturated rings. The molecule has 0 saturated carbocycles. The second kappa shape index (κ2) is 8.54. The van der Waals surface area contributed by atoms with Crippen molar-refractivity contribution in [2.75, 3.05) is 18.0 Å². The van der Waals surface area contributed by atoms with Gasteiger partial charge >= 0.3 is 0 Å². The SMILES string of the molecule is CCCCN1CCn2c1nc(C(=O)NCc1ccc(F)cc1-n1cncn1)c(O)c2=O. The van der Waals surface area contributed by atoms with Crippen molar-refractivity contribution in [2.24, 2.45) is 0 Å². The minimum Gasteiger partial charge on any atom is -0.501 e. The Morgan fingerprint density at radius 1 is 1.32 bits per heavy atom. The third-order valence-corrected chi connectivity index (χ3v) is 5.15. The number of hydrogen-bond acceptors (Lipinski definition) is 7. The molecule has 0 saturated heterocycles. The van der Waals surface area contributed by atoms with Gasteiger partial charge in [0.25, 0.3) is 11.5 Å². The van der Waals surface area contributed by atoms with Gasteiger partial charge in [-0.05, 0) is 24.1 Å². The van der Waals surface area contributed by atoms with E-state index in [2.05, 4.69) is 27.3 Å². The number of anilines is 1. The molecule has 1 aromatic carbocycles. The first kappa shape index (κ1) is 20.5. The van der Waals surface area contributed by atoms with Gasteiger partial charge in [0.1, 0.15) is 18.5 Å². The maximum atomic E-state index is 13.7. The van der Waals surface area contributed by atoms with Gasteiger partial charge in [-0.25, -0.2) is 19.0 Å². The maximum absolute atomic E-state index is 13.7. The molecule has 0 spiro atoms. The Morgan fingerprint density at radius 3 is 2.90 bits per heavy atom. The molecule has 1 aliphatic rings. The van der Waals surface area contributed by atoms with Crippen molar-refractivity contribution in [1.82, 2.24) is 29.6 Å². The number of rotatable bonds is 7. The molecule has 0 unspecified atom stereocenters. The minimum absolute atomic E-state index is 0.00734. The lowest BCUT2D eigenvalue weighted by molar-refractivity contribution is 0.0942. The van der Waals surface area contributed by atoms with Crippen LogP contribution in [-0.4, -0.2) is 48.4 Å². The molecule has 0 bridgehead atoms. The molecule has 0 atom stereocenters. The lowest BCUT2D eigenvalue weighted by Crippen LogP contribution is -2.30. The Balaban J connectivity index is 1.58. The van der Waals surface area contributed by atoms with Crippen LogP contribution in [-0.2, 0) is 13.1 Å². The fourth-order valence-electron chi connectivity index (χ4n) is 3.51. The summed E-state index contributed by atoms with van der Waals surface area (Å²) in [6.45, 7) is 3.80. The fraction of sp³-hybridized carbons (Fsp3) is 0.350. The summed E-state index contributed by atoms with van der Waals surface area (Å²) in [5.74, 6) is -1.46. The van der Waals surface area contributed by atoms with Crippen molar-refractivity contribution in [3.63, 3.8) is 0 Å². The lowest BCUT2D eigenvalue weighted by Gasteiger charge is -2.17. The van der Waals surface area contributed by atoms with E-state index in [1.807, 2.05) is 4.90 Å². The highest BCUT2D eigenvalue weighted by molar-refractivity contribution is 5.95. The van der Waals surface area contributed by atoms with Crippen LogP contribution in [0.4, 0.5) is 10.3 Å². The molecule has 10 nitrogen and oxygen atoms in total. The molecule has 1 aliphatic heterocycles. The number of carbonyl (C=O) groups is 1. The van der Waals surface area contributed by atoms with Crippen molar-refractivity contribution in [1.29, 1.82) is 0 Å². The van der Waals surface area contributed by atoms with Crippen LogP contribution in [0.15, 0.2) is 35.6 Å². The second-order valence-electron chi connectivity index (χ2n) is 7.20. The fourth-order valence-corrected chi connectivity index (χ4v) is 3.51. The van der Waals surface area contributed by atoms with Gasteiger partial charge in [0, 0.05) is 26.2 Å². The first-order valence-corrected chi connectivity index (χ1v) is 10.00. The molecule has 2 aromatic heterocycles. The number of halogens is 1. The standard InChI is InChI=1S/C20H22FN7O3/c1-2-3-6-26-7-8-27-19(31)17(29)16(25-20(26)27)18(30)23-10-13-4-5-14(21)9-15(13)28-12-22-11-24-28/h4-5,9,11-12,29H,2-3,6-8,10H2,1H3,(H,23,30). The smallest absolute Gasteiger partial charge is 0.298 e. The quantitative estimate of drug-likeness (QED) is 0.582. The first-order chi connectivity index (χ1) is 15.0. The Bertz CT molecular complexity index is 1160. The molecule has 1 amide bonds. The third kappa shape index (κ3) is 3.98. The summed E-state index contributed by atoms with van der Waals surface area (Å²) < 4.78 is 16.5. The van der Waals surface area contributed by atoms with Crippen molar-refractivity contribution < 1.29 is 14.3 Å². The van der Waals surface area contributed by atoms with Crippen molar-refractivity contribution in [2.45, 2.75) is 32.9 Å². The van der Waals surface area contributed by atoms with E-state index >= 15 is 0 Å². The van der Waals surface area contributed by atoms with Crippen molar-refractivity contribution in [3.05, 3.63) is 58.3 Å². The molecule has 3 heterocycles. The number of unbranched alkanes of at least 4 members (excludes halogenated alkanes) is 1. The highest BCUT2D eigenvalue weighted by Gasteiger charge is 2.27. The monoisotopic (exact) mass is 427 g/mol. The summed E-state index contributed by atoms with van der Waals surface area (Å²) in [5, 5.41) is 16.9. The summed E-state index contributed by atoms with van der Waals surface area (Å²) >= 11 is 0. The molecule has 2 N–H and O–H groups in total. The van der Waals surface area contributed by atoms with Gasteiger partial charge in [-0.2, -0.15) is 5.10 Å². The highest BCUT2D eigenvalue weighted by atomic mass is 19.1. The number of hydrogen-bond donors (Lipinski definition) is 2. The number of nitrogens with zero attached hydrogens (tertiary/aromatic N) is 6. The second-order valence-corrected chi connectivity index (χ2v) is 7.20. The number of carbonyl (C=O) groups excluding carboxylic acids is 1. The van der Waals surface area contributed by atoms with Crippen LogP contribution >= 0.6 is 0 Å². The Hall–Kier alpha value is -3.76. The Kier molecular flexibility index (Phi) is 5.65. The summed E-state index contributed by atoms with van der Waals surface area (Å²) in [4.78, 5) is 35.4. The van der Waals surface area contributed by atoms with Crippen molar-refractivity contribution in [3.8, 4) is 11.4 Å². The van der Waals surface area contributed by atoms with E-state index in [0.717, 1.165) is 12.8 Å². The van der Waals surface area contributed by atoms with Gasteiger partial charge in [-0.15, -0.1) is 0 Å². The van der Waals surface area contributed by atoms with E-state index in [1.54, 1.807) is 0 Å². The maximum Gasteiger partial charge on any atom is 0.298 e. The molecular formula is C20H22FN7O3. The van der Waals surface area contributed by atoms with E-state index in [1.165, 1.54) is 40.1 Å². The van der Waals surface area contributed by atoms with Gasteiger partial charge in [-0.1, -0.05) is 19.4 Å². The molecule has 4 rings (SSSR count). The number of nitrogens with one attached hydrogen (secondary N) is 1. The molecule has 11 heteroatoms. The van der Waals surface area contributed by atoms with Crippen LogP contribution in [0, 0.1) is 5.82 Å². The summed E-state index contributed by atoms with van der Waals surface area (Å²) in [6, 6.07) is 4.06. The number of benzene rings is 1. The van der Waals surface area contributed by atoms with Gasteiger partial charge in [0.05, 0.1) is 5.69 Å². The average molecular weight is 427 g/mol. The topological polar surface area (TPSA) is 118 Å². The summed E-state index contributed by atoms with van der Waals surface area (Å²) in [5.41, 5.74) is 0.0141. The summed E-state index contributed by atoms with van der Waals surface area (Å²) in [6.07, 6.45) is 4.64. The largest absolute Gasteiger partial charge is 0.501 e. The normalized spacial score (nSPS) is 12.8. The van der Waals surface area contributed by atoms with Crippen LogP contribution in [0.5, 0.6) is 5.75 Å². The minimum atomic E-state index is -0.700. The number of aromatic nitrogens is 5. The van der Waals surface area contributed by atoms with E-state index in [4.69, 9.17) is 0 Å². The molecule has 162 valence electrons. The van der Waals surface area contributed by atoms with Crippen LogP contribution in [0.1, 0.15) is 35.8 Å². The molecule has 31 heavy (non-hydrogen) atoms. The van der Waals surface area contributed by atoms with E-state index in [9.17, 15) is 19.1 Å².